The summed E-state index contributed by atoms with van der Waals surface area (Å²) >= 11 is 0. The van der Waals surface area contributed by atoms with E-state index in [2.05, 4.69) is 15.3 Å². The normalized spacial score (nSPS) is 10.4. The van der Waals surface area contributed by atoms with E-state index in [1.54, 1.807) is 21.3 Å². The molecule has 0 atom stereocenters. The van der Waals surface area contributed by atoms with E-state index in [1.807, 2.05) is 25.1 Å². The number of hydrogen-bond acceptors (Lipinski definition) is 7. The Morgan fingerprint density at radius 2 is 1.91 bits per heavy atom. The van der Waals surface area contributed by atoms with Crippen molar-refractivity contribution in [3.63, 3.8) is 0 Å². The Balaban J connectivity index is 2.46. The summed E-state index contributed by atoms with van der Waals surface area (Å²) in [5.74, 6) is 2.20. The van der Waals surface area contributed by atoms with Crippen LogP contribution in [0.5, 0.6) is 11.5 Å². The number of hydrogen-bond donors (Lipinski definition) is 2. The Hall–Kier alpha value is -2.54. The van der Waals surface area contributed by atoms with Gasteiger partial charge in [0.1, 0.15) is 12.4 Å². The number of ether oxygens (including phenoxy) is 3. The molecule has 1 aromatic heterocycles. The van der Waals surface area contributed by atoms with Crippen LogP contribution in [0.1, 0.15) is 5.69 Å². The molecule has 0 unspecified atom stereocenters. The molecule has 2 aromatic rings. The minimum absolute atomic E-state index is 0.237. The molecule has 23 heavy (non-hydrogen) atoms. The molecule has 0 bridgehead atoms. The summed E-state index contributed by atoms with van der Waals surface area (Å²) in [5.41, 5.74) is 8.30. The lowest BCUT2D eigenvalue weighted by Crippen LogP contribution is -2.06. The molecule has 7 nitrogen and oxygen atoms in total. The molecule has 124 valence electrons. The van der Waals surface area contributed by atoms with Crippen molar-refractivity contribution in [2.75, 3.05) is 45.5 Å². The van der Waals surface area contributed by atoms with Crippen LogP contribution in [0.25, 0.3) is 11.1 Å². The van der Waals surface area contributed by atoms with Gasteiger partial charge in [-0.25, -0.2) is 4.98 Å². The smallest absolute Gasteiger partial charge is 0.222 e. The number of benzene rings is 1. The van der Waals surface area contributed by atoms with Crippen LogP contribution in [0.4, 0.5) is 11.8 Å². The van der Waals surface area contributed by atoms with Gasteiger partial charge in [0.05, 0.1) is 19.4 Å². The molecule has 7 heteroatoms. The van der Waals surface area contributed by atoms with Crippen LogP contribution >= 0.6 is 0 Å². The number of aryl methyl sites for hydroxylation is 1. The van der Waals surface area contributed by atoms with E-state index in [1.165, 1.54) is 0 Å². The van der Waals surface area contributed by atoms with Gasteiger partial charge in [0.15, 0.2) is 11.5 Å². The minimum Gasteiger partial charge on any atom is -0.493 e. The summed E-state index contributed by atoms with van der Waals surface area (Å²) in [5, 5.41) is 3.05. The summed E-state index contributed by atoms with van der Waals surface area (Å²) in [7, 11) is 5.03. The highest BCUT2D eigenvalue weighted by atomic mass is 16.5. The van der Waals surface area contributed by atoms with E-state index < -0.39 is 0 Å². The van der Waals surface area contributed by atoms with Crippen molar-refractivity contribution < 1.29 is 14.2 Å². The quantitative estimate of drug-likeness (QED) is 0.755. The van der Waals surface area contributed by atoms with E-state index >= 15 is 0 Å². The van der Waals surface area contributed by atoms with E-state index in [4.69, 9.17) is 19.9 Å². The third kappa shape index (κ3) is 3.81. The summed E-state index contributed by atoms with van der Waals surface area (Å²) in [6.45, 7) is 2.83. The molecule has 0 aliphatic carbocycles. The summed E-state index contributed by atoms with van der Waals surface area (Å²) in [6, 6.07) is 5.69. The van der Waals surface area contributed by atoms with Crippen LogP contribution in [-0.2, 0) is 4.74 Å². The molecular weight excluding hydrogens is 296 g/mol. The van der Waals surface area contributed by atoms with E-state index in [0.29, 0.717) is 30.5 Å². The van der Waals surface area contributed by atoms with Gasteiger partial charge >= 0.3 is 0 Å². The standard InChI is InChI=1S/C16H22N4O3/c1-10-14(15(18-2)20-16(17)19-10)11-5-6-12(22-4)13(9-11)23-8-7-21-3/h5-6,9H,7-8H2,1-4H3,(H3,17,18,19,20). The van der Waals surface area contributed by atoms with Gasteiger partial charge in [-0.05, 0) is 24.6 Å². The fourth-order valence-electron chi connectivity index (χ4n) is 2.30. The topological polar surface area (TPSA) is 91.5 Å². The Morgan fingerprint density at radius 3 is 2.57 bits per heavy atom. The minimum atomic E-state index is 0.237. The van der Waals surface area contributed by atoms with Crippen LogP contribution in [0.15, 0.2) is 18.2 Å². The molecule has 0 aliphatic heterocycles. The first-order valence-corrected chi connectivity index (χ1v) is 7.22. The fourth-order valence-corrected chi connectivity index (χ4v) is 2.30. The van der Waals surface area contributed by atoms with Crippen LogP contribution < -0.4 is 20.5 Å². The number of nitrogen functional groups attached to an aromatic ring is 1. The Bertz CT molecular complexity index is 677. The highest BCUT2D eigenvalue weighted by Crippen LogP contribution is 2.36. The lowest BCUT2D eigenvalue weighted by Gasteiger charge is -2.15. The molecule has 2 rings (SSSR count). The molecule has 1 aromatic carbocycles. The van der Waals surface area contributed by atoms with Gasteiger partial charge in [-0.1, -0.05) is 6.07 Å². The number of nitrogens with one attached hydrogen (secondary N) is 1. The Labute approximate surface area is 135 Å². The first-order valence-electron chi connectivity index (χ1n) is 7.22. The zero-order valence-corrected chi connectivity index (χ0v) is 13.8. The molecule has 0 saturated heterocycles. The lowest BCUT2D eigenvalue weighted by atomic mass is 10.0. The van der Waals surface area contributed by atoms with Crippen molar-refractivity contribution in [3.05, 3.63) is 23.9 Å². The third-order valence-electron chi connectivity index (χ3n) is 3.34. The molecule has 0 saturated carbocycles. The lowest BCUT2D eigenvalue weighted by molar-refractivity contribution is 0.144. The van der Waals surface area contributed by atoms with Gasteiger partial charge in [0.25, 0.3) is 0 Å². The maximum Gasteiger partial charge on any atom is 0.222 e. The first-order chi connectivity index (χ1) is 11.1. The number of anilines is 2. The Morgan fingerprint density at radius 1 is 1.13 bits per heavy atom. The van der Waals surface area contributed by atoms with Crippen molar-refractivity contribution in [1.29, 1.82) is 0 Å². The van der Waals surface area contributed by atoms with Crippen LogP contribution in [0.3, 0.4) is 0 Å². The van der Waals surface area contributed by atoms with Crippen LogP contribution in [0, 0.1) is 6.92 Å². The number of rotatable bonds is 7. The van der Waals surface area contributed by atoms with Crippen molar-refractivity contribution in [2.45, 2.75) is 6.92 Å². The molecule has 0 aliphatic rings. The first kappa shape index (κ1) is 16.8. The average molecular weight is 318 g/mol. The molecule has 1 heterocycles. The van der Waals surface area contributed by atoms with E-state index in [-0.39, 0.29) is 5.95 Å². The largest absolute Gasteiger partial charge is 0.493 e. The number of aromatic nitrogens is 2. The van der Waals surface area contributed by atoms with Crippen molar-refractivity contribution in [2.24, 2.45) is 0 Å². The number of methoxy groups -OCH3 is 2. The highest BCUT2D eigenvalue weighted by Gasteiger charge is 2.14. The van der Waals surface area contributed by atoms with Crippen molar-refractivity contribution in [1.82, 2.24) is 9.97 Å². The molecule has 3 N–H and O–H groups in total. The summed E-state index contributed by atoms with van der Waals surface area (Å²) < 4.78 is 16.1. The second-order valence-corrected chi connectivity index (χ2v) is 4.85. The van der Waals surface area contributed by atoms with Gasteiger partial charge in [-0.2, -0.15) is 4.98 Å². The monoisotopic (exact) mass is 318 g/mol. The predicted molar refractivity (Wildman–Crippen MR) is 90.1 cm³/mol. The summed E-state index contributed by atoms with van der Waals surface area (Å²) in [4.78, 5) is 8.48. The average Bonchev–Trinajstić information content (AvgIpc) is 2.54. The molecular formula is C16H22N4O3. The van der Waals surface area contributed by atoms with Gasteiger partial charge in [0, 0.05) is 19.7 Å². The summed E-state index contributed by atoms with van der Waals surface area (Å²) in [6.07, 6.45) is 0. The highest BCUT2D eigenvalue weighted by molar-refractivity contribution is 5.79. The molecule has 0 spiro atoms. The van der Waals surface area contributed by atoms with Gasteiger partial charge in [-0.15, -0.1) is 0 Å². The fraction of sp³-hybridized carbons (Fsp3) is 0.375. The number of nitrogens with two attached hydrogens (primary N) is 1. The van der Waals surface area contributed by atoms with E-state index in [9.17, 15) is 0 Å². The molecule has 0 fully saturated rings. The van der Waals surface area contributed by atoms with E-state index in [0.717, 1.165) is 16.8 Å². The number of nitrogens with zero attached hydrogens (tertiary/aromatic N) is 2. The molecule has 0 radical (unpaired) electrons. The second-order valence-electron chi connectivity index (χ2n) is 4.85. The SMILES string of the molecule is CNc1nc(N)nc(C)c1-c1ccc(OC)c(OCCOC)c1. The van der Waals surface area contributed by atoms with Crippen LogP contribution in [-0.4, -0.2) is 44.4 Å². The van der Waals surface area contributed by atoms with Gasteiger partial charge in [-0.3, -0.25) is 0 Å². The zero-order chi connectivity index (χ0) is 16.8. The predicted octanol–water partition coefficient (Wildman–Crippen LogP) is 2.11. The zero-order valence-electron chi connectivity index (χ0n) is 13.8. The third-order valence-corrected chi connectivity index (χ3v) is 3.34. The van der Waals surface area contributed by atoms with Crippen LogP contribution in [0.2, 0.25) is 0 Å². The van der Waals surface area contributed by atoms with Gasteiger partial charge in [0.2, 0.25) is 5.95 Å². The maximum absolute atomic E-state index is 5.73. The second kappa shape index (κ2) is 7.64. The molecule has 0 amide bonds. The van der Waals surface area contributed by atoms with Crippen molar-refractivity contribution >= 4 is 11.8 Å². The van der Waals surface area contributed by atoms with Crippen molar-refractivity contribution in [3.8, 4) is 22.6 Å². The maximum atomic E-state index is 5.73. The Kier molecular flexibility index (Phi) is 5.59. The van der Waals surface area contributed by atoms with Gasteiger partial charge < -0.3 is 25.3 Å².